The highest BCUT2D eigenvalue weighted by Crippen LogP contribution is 2.49. The highest BCUT2D eigenvalue weighted by atomic mass is 79.9. The molecule has 0 aromatic heterocycles. The Balaban J connectivity index is 2.13. The molecule has 2 aromatic rings. The van der Waals surface area contributed by atoms with Crippen molar-refractivity contribution in [1.29, 1.82) is 0 Å². The molecule has 2 aromatic carbocycles. The minimum Gasteiger partial charge on any atom is -0.480 e. The molecule has 0 fully saturated rings. The Morgan fingerprint density at radius 3 is 2.69 bits per heavy atom. The summed E-state index contributed by atoms with van der Waals surface area (Å²) in [5.41, 5.74) is 1.19. The zero-order valence-corrected chi connectivity index (χ0v) is 16.6. The Hall–Kier alpha value is -1.62. The fourth-order valence-electron chi connectivity index (χ4n) is 3.47. The molecule has 1 aliphatic heterocycles. The average molecular weight is 437 g/mol. The van der Waals surface area contributed by atoms with E-state index in [-0.39, 0.29) is 11.1 Å². The second-order valence-electron chi connectivity index (χ2n) is 6.27. The van der Waals surface area contributed by atoms with E-state index in [1.165, 1.54) is 6.07 Å². The Morgan fingerprint density at radius 2 is 2.04 bits per heavy atom. The summed E-state index contributed by atoms with van der Waals surface area (Å²) in [6.45, 7) is 8.30. The number of hydrogen-bond donors (Lipinski definition) is 1. The summed E-state index contributed by atoms with van der Waals surface area (Å²) in [5, 5.41) is 3.56. The number of halogens is 3. The third-order valence-corrected chi connectivity index (χ3v) is 6.16. The summed E-state index contributed by atoms with van der Waals surface area (Å²) in [6, 6.07) is 11.3. The van der Waals surface area contributed by atoms with Crippen LogP contribution in [0.4, 0.5) is 4.39 Å². The molecule has 0 bridgehead atoms. The van der Waals surface area contributed by atoms with Gasteiger partial charge in [-0.3, -0.25) is 0 Å². The Labute approximate surface area is 166 Å². The van der Waals surface area contributed by atoms with Crippen molar-refractivity contribution in [2.45, 2.75) is 24.5 Å². The summed E-state index contributed by atoms with van der Waals surface area (Å²) in [5.74, 6) is 0.0116. The summed E-state index contributed by atoms with van der Waals surface area (Å²) < 4.78 is 21.1. The molecule has 1 aliphatic rings. The van der Waals surface area contributed by atoms with Crippen LogP contribution in [-0.2, 0) is 12.0 Å². The molecule has 1 heterocycles. The van der Waals surface area contributed by atoms with Gasteiger partial charge in [0.2, 0.25) is 0 Å². The highest BCUT2D eigenvalue weighted by Gasteiger charge is 2.48. The topological polar surface area (TPSA) is 21.3 Å². The average Bonchev–Trinajstić information content (AvgIpc) is 3.04. The molecule has 0 amide bonds. The Kier molecular flexibility index (Phi) is 5.86. The summed E-state index contributed by atoms with van der Waals surface area (Å²) >= 11 is 9.54. The van der Waals surface area contributed by atoms with Crippen molar-refractivity contribution in [3.8, 4) is 5.75 Å². The van der Waals surface area contributed by atoms with Crippen LogP contribution < -0.4 is 10.1 Å². The first-order valence-corrected chi connectivity index (χ1v) is 9.56. The van der Waals surface area contributed by atoms with E-state index in [0.29, 0.717) is 29.6 Å². The van der Waals surface area contributed by atoms with Crippen LogP contribution in [0.3, 0.4) is 0 Å². The lowest BCUT2D eigenvalue weighted by Gasteiger charge is -2.37. The fourth-order valence-corrected chi connectivity index (χ4v) is 4.16. The van der Waals surface area contributed by atoms with E-state index in [9.17, 15) is 4.39 Å². The normalized spacial score (nSPS) is 19.5. The number of rotatable bonds is 7. The number of nitrogens with one attached hydrogen (secondary N) is 1. The molecule has 1 unspecified atom stereocenters. The lowest BCUT2D eigenvalue weighted by atomic mass is 9.81. The molecule has 0 saturated heterocycles. The van der Waals surface area contributed by atoms with Crippen LogP contribution in [-0.4, -0.2) is 12.6 Å². The maximum absolute atomic E-state index is 14.2. The molecular formula is C21H20BrClFNO. The number of fused-ring (bicyclic) bond motifs is 1. The van der Waals surface area contributed by atoms with Crippen molar-refractivity contribution in [1.82, 2.24) is 5.32 Å². The number of benzene rings is 2. The summed E-state index contributed by atoms with van der Waals surface area (Å²) in [7, 11) is 0. The van der Waals surface area contributed by atoms with E-state index < -0.39 is 11.4 Å². The van der Waals surface area contributed by atoms with Crippen LogP contribution >= 0.6 is 27.5 Å². The van der Waals surface area contributed by atoms with Gasteiger partial charge in [-0.1, -0.05) is 54.1 Å². The second-order valence-corrected chi connectivity index (χ2v) is 7.44. The van der Waals surface area contributed by atoms with E-state index in [2.05, 4.69) is 34.4 Å². The van der Waals surface area contributed by atoms with E-state index in [1.807, 2.05) is 42.5 Å². The van der Waals surface area contributed by atoms with Gasteiger partial charge < -0.3 is 10.1 Å². The molecule has 0 saturated carbocycles. The first kappa shape index (κ1) is 19.2. The molecule has 136 valence electrons. The molecule has 26 heavy (non-hydrogen) atoms. The van der Waals surface area contributed by atoms with Gasteiger partial charge in [0.25, 0.3) is 0 Å². The lowest BCUT2D eigenvalue weighted by Crippen LogP contribution is -2.51. The standard InChI is InChI=1S/C21H20BrClFNO/c1-3-8-18(25-11-4-2)21(14-9-6-5-7-10-14)13-15-17(26-21)12-16(24)20(23)19(15)22/h3-7,9-10,12,18,25H,1-2,8,11,13H2/t18?,21-/m0/s1. The first-order valence-electron chi connectivity index (χ1n) is 8.39. The zero-order chi connectivity index (χ0) is 18.7. The van der Waals surface area contributed by atoms with Crippen molar-refractivity contribution in [2.24, 2.45) is 0 Å². The zero-order valence-electron chi connectivity index (χ0n) is 14.3. The van der Waals surface area contributed by atoms with Gasteiger partial charge in [-0.2, -0.15) is 0 Å². The van der Waals surface area contributed by atoms with Crippen LogP contribution in [0.5, 0.6) is 5.75 Å². The van der Waals surface area contributed by atoms with Crippen LogP contribution in [0.15, 0.2) is 66.2 Å². The van der Waals surface area contributed by atoms with Gasteiger partial charge in [-0.15, -0.1) is 13.2 Å². The predicted octanol–water partition coefficient (Wildman–Crippen LogP) is 5.79. The SMILES string of the molecule is C=CCNC(CC=C)[C@@]1(c2ccccc2)Cc2c(cc(F)c(Cl)c2Br)O1. The summed E-state index contributed by atoms with van der Waals surface area (Å²) in [6.07, 6.45) is 4.92. The predicted molar refractivity (Wildman–Crippen MR) is 108 cm³/mol. The molecule has 2 atom stereocenters. The molecule has 2 nitrogen and oxygen atoms in total. The Bertz CT molecular complexity index is 827. The lowest BCUT2D eigenvalue weighted by molar-refractivity contribution is 0.0486. The van der Waals surface area contributed by atoms with Gasteiger partial charge in [-0.25, -0.2) is 4.39 Å². The van der Waals surface area contributed by atoms with Crippen molar-refractivity contribution < 1.29 is 9.13 Å². The monoisotopic (exact) mass is 435 g/mol. The third-order valence-electron chi connectivity index (χ3n) is 4.69. The first-order chi connectivity index (χ1) is 12.5. The van der Waals surface area contributed by atoms with Crippen LogP contribution in [0.2, 0.25) is 5.02 Å². The maximum Gasteiger partial charge on any atom is 0.154 e. The molecular weight excluding hydrogens is 417 g/mol. The van der Waals surface area contributed by atoms with Crippen molar-refractivity contribution in [3.63, 3.8) is 0 Å². The smallest absolute Gasteiger partial charge is 0.154 e. The third kappa shape index (κ3) is 3.34. The van der Waals surface area contributed by atoms with Gasteiger partial charge in [-0.05, 0) is 27.9 Å². The molecule has 0 spiro atoms. The van der Waals surface area contributed by atoms with E-state index in [4.69, 9.17) is 16.3 Å². The molecule has 3 rings (SSSR count). The van der Waals surface area contributed by atoms with Gasteiger partial charge in [0, 0.05) is 29.1 Å². The van der Waals surface area contributed by atoms with Gasteiger partial charge in [0.1, 0.15) is 11.6 Å². The van der Waals surface area contributed by atoms with Crippen molar-refractivity contribution in [2.75, 3.05) is 6.54 Å². The minimum absolute atomic E-state index is 0.0680. The molecule has 5 heteroatoms. The fraction of sp³-hybridized carbons (Fsp3) is 0.238. The van der Waals surface area contributed by atoms with Gasteiger partial charge in [0.15, 0.2) is 5.60 Å². The largest absolute Gasteiger partial charge is 0.480 e. The van der Waals surface area contributed by atoms with Crippen molar-refractivity contribution in [3.05, 3.63) is 88.1 Å². The second kappa shape index (κ2) is 7.95. The van der Waals surface area contributed by atoms with Crippen molar-refractivity contribution >= 4 is 27.5 Å². The van der Waals surface area contributed by atoms with Gasteiger partial charge >= 0.3 is 0 Å². The quantitative estimate of drug-likeness (QED) is 0.438. The Morgan fingerprint density at radius 1 is 1.31 bits per heavy atom. The van der Waals surface area contributed by atoms with Crippen LogP contribution in [0, 0.1) is 5.82 Å². The van der Waals surface area contributed by atoms with Crippen LogP contribution in [0.1, 0.15) is 17.5 Å². The highest BCUT2D eigenvalue weighted by molar-refractivity contribution is 9.10. The van der Waals surface area contributed by atoms with E-state index in [1.54, 1.807) is 0 Å². The maximum atomic E-state index is 14.2. The number of hydrogen-bond acceptors (Lipinski definition) is 2. The van der Waals surface area contributed by atoms with E-state index in [0.717, 1.165) is 11.1 Å². The molecule has 1 N–H and O–H groups in total. The van der Waals surface area contributed by atoms with Gasteiger partial charge in [0.05, 0.1) is 11.1 Å². The molecule has 0 radical (unpaired) electrons. The minimum atomic E-state index is -0.694. The number of ether oxygens (including phenoxy) is 1. The van der Waals surface area contributed by atoms with Crippen LogP contribution in [0.25, 0.3) is 0 Å². The molecule has 0 aliphatic carbocycles. The summed E-state index contributed by atoms with van der Waals surface area (Å²) in [4.78, 5) is 0. The van der Waals surface area contributed by atoms with E-state index >= 15 is 0 Å².